The molecule has 4 heteroatoms. The van der Waals surface area contributed by atoms with Crippen molar-refractivity contribution in [1.82, 2.24) is 0 Å². The lowest BCUT2D eigenvalue weighted by atomic mass is 9.82. The quantitative estimate of drug-likeness (QED) is 0.744. The summed E-state index contributed by atoms with van der Waals surface area (Å²) in [6.45, 7) is 3.69. The summed E-state index contributed by atoms with van der Waals surface area (Å²) in [4.78, 5) is 0. The Hall–Kier alpha value is -0.740. The van der Waals surface area contributed by atoms with Gasteiger partial charge in [0.15, 0.2) is 0 Å². The highest BCUT2D eigenvalue weighted by Gasteiger charge is 2.23. The molecule has 0 bridgehead atoms. The lowest BCUT2D eigenvalue weighted by Crippen LogP contribution is -2.21. The molecule has 0 aliphatic rings. The first-order valence-electron chi connectivity index (χ1n) is 4.74. The Morgan fingerprint density at radius 3 is 2.53 bits per heavy atom. The molecule has 0 saturated carbocycles. The predicted molar refractivity (Wildman–Crippen MR) is 57.8 cm³/mol. The van der Waals surface area contributed by atoms with Crippen LogP contribution >= 0.6 is 0 Å². The van der Waals surface area contributed by atoms with Crippen LogP contribution in [-0.4, -0.2) is 14.5 Å². The second-order valence-electron chi connectivity index (χ2n) is 4.12. The number of rotatable bonds is 4. The Kier molecular flexibility index (Phi) is 3.99. The summed E-state index contributed by atoms with van der Waals surface area (Å²) >= 11 is -2.06. The zero-order valence-corrected chi connectivity index (χ0v) is 9.64. The van der Waals surface area contributed by atoms with Crippen LogP contribution in [0, 0.1) is 5.82 Å². The van der Waals surface area contributed by atoms with E-state index >= 15 is 0 Å². The Bertz CT molecular complexity index is 363. The highest BCUT2D eigenvalue weighted by Crippen LogP contribution is 2.28. The van der Waals surface area contributed by atoms with Gasteiger partial charge in [-0.2, -0.15) is 0 Å². The fourth-order valence-electron chi connectivity index (χ4n) is 1.48. The van der Waals surface area contributed by atoms with Crippen molar-refractivity contribution >= 4 is 11.1 Å². The van der Waals surface area contributed by atoms with Crippen LogP contribution in [0.15, 0.2) is 24.3 Å². The van der Waals surface area contributed by atoms with Gasteiger partial charge in [-0.05, 0) is 23.5 Å². The molecule has 0 fully saturated rings. The summed E-state index contributed by atoms with van der Waals surface area (Å²) in [6.07, 6.45) is 0.421. The number of benzene rings is 1. The van der Waals surface area contributed by atoms with E-state index in [1.165, 1.54) is 6.07 Å². The molecule has 1 aromatic rings. The standard InChI is InChI=1S/C11H15FO2S/c1-11(2,7-8-15(13)14)9-5-3-4-6-10(9)12/h3-6H,7-8H2,1-2H3,(H,13,14)/p-1. The average molecular weight is 229 g/mol. The van der Waals surface area contributed by atoms with Gasteiger partial charge < -0.3 is 4.55 Å². The molecule has 1 rings (SSSR count). The number of halogens is 1. The van der Waals surface area contributed by atoms with Crippen LogP contribution in [0.3, 0.4) is 0 Å². The van der Waals surface area contributed by atoms with Gasteiger partial charge >= 0.3 is 0 Å². The summed E-state index contributed by atoms with van der Waals surface area (Å²) in [5, 5.41) is 0. The van der Waals surface area contributed by atoms with Crippen LogP contribution in [-0.2, 0) is 16.5 Å². The summed E-state index contributed by atoms with van der Waals surface area (Å²) in [5.41, 5.74) is 0.112. The van der Waals surface area contributed by atoms with Crippen molar-refractivity contribution < 1.29 is 13.2 Å². The van der Waals surface area contributed by atoms with Gasteiger partial charge in [-0.3, -0.25) is 4.21 Å². The van der Waals surface area contributed by atoms with Gasteiger partial charge in [0, 0.05) is 5.75 Å². The van der Waals surface area contributed by atoms with E-state index in [1.807, 2.05) is 13.8 Å². The fraction of sp³-hybridized carbons (Fsp3) is 0.455. The molecule has 84 valence electrons. The van der Waals surface area contributed by atoms with E-state index in [-0.39, 0.29) is 11.6 Å². The van der Waals surface area contributed by atoms with Crippen molar-refractivity contribution in [3.8, 4) is 0 Å². The van der Waals surface area contributed by atoms with Crippen molar-refractivity contribution in [2.45, 2.75) is 25.7 Å². The Morgan fingerprint density at radius 2 is 2.00 bits per heavy atom. The maximum Gasteiger partial charge on any atom is 0.126 e. The molecule has 2 nitrogen and oxygen atoms in total. The molecule has 1 unspecified atom stereocenters. The largest absolute Gasteiger partial charge is 0.772 e. The van der Waals surface area contributed by atoms with E-state index in [0.717, 1.165) is 0 Å². The van der Waals surface area contributed by atoms with Gasteiger partial charge in [-0.1, -0.05) is 43.1 Å². The smallest absolute Gasteiger partial charge is 0.126 e. The summed E-state index contributed by atoms with van der Waals surface area (Å²) < 4.78 is 34.4. The van der Waals surface area contributed by atoms with Crippen LogP contribution in [0.2, 0.25) is 0 Å². The Balaban J connectivity index is 2.85. The SMILES string of the molecule is CC(C)(CCS(=O)[O-])c1ccccc1F. The second kappa shape index (κ2) is 4.86. The molecule has 0 aromatic heterocycles. The predicted octanol–water partition coefficient (Wildman–Crippen LogP) is 2.37. The average Bonchev–Trinajstić information content (AvgIpc) is 2.15. The molecular weight excluding hydrogens is 215 g/mol. The zero-order valence-electron chi connectivity index (χ0n) is 8.83. The Morgan fingerprint density at radius 1 is 1.40 bits per heavy atom. The normalized spacial score (nSPS) is 13.9. The molecule has 1 aromatic carbocycles. The van der Waals surface area contributed by atoms with Gasteiger partial charge in [-0.25, -0.2) is 4.39 Å². The highest BCUT2D eigenvalue weighted by molar-refractivity contribution is 7.79. The van der Waals surface area contributed by atoms with E-state index in [4.69, 9.17) is 0 Å². The van der Waals surface area contributed by atoms with Gasteiger partial charge in [-0.15, -0.1) is 0 Å². The van der Waals surface area contributed by atoms with Crippen LogP contribution < -0.4 is 0 Å². The molecule has 0 N–H and O–H groups in total. The van der Waals surface area contributed by atoms with Crippen molar-refractivity contribution in [2.75, 3.05) is 5.75 Å². The first kappa shape index (κ1) is 12.3. The lowest BCUT2D eigenvalue weighted by molar-refractivity contribution is 0.460. The van der Waals surface area contributed by atoms with E-state index in [0.29, 0.717) is 12.0 Å². The van der Waals surface area contributed by atoms with Crippen molar-refractivity contribution in [3.63, 3.8) is 0 Å². The summed E-state index contributed by atoms with van der Waals surface area (Å²) in [7, 11) is 0. The van der Waals surface area contributed by atoms with Gasteiger partial charge in [0.2, 0.25) is 0 Å². The molecule has 0 heterocycles. The zero-order chi connectivity index (χ0) is 11.5. The van der Waals surface area contributed by atoms with Crippen molar-refractivity contribution in [1.29, 1.82) is 0 Å². The van der Waals surface area contributed by atoms with Gasteiger partial charge in [0.05, 0.1) is 0 Å². The highest BCUT2D eigenvalue weighted by atomic mass is 32.2. The molecule has 1 atom stereocenters. The van der Waals surface area contributed by atoms with E-state index in [1.54, 1.807) is 18.2 Å². The third-order valence-corrected chi connectivity index (χ3v) is 3.03. The summed E-state index contributed by atoms with van der Waals surface area (Å²) in [6, 6.07) is 6.48. The first-order valence-corrected chi connectivity index (χ1v) is 5.99. The minimum atomic E-state index is -2.06. The second-order valence-corrected chi connectivity index (χ2v) is 5.14. The maximum atomic E-state index is 13.5. The third kappa shape index (κ3) is 3.39. The molecule has 15 heavy (non-hydrogen) atoms. The van der Waals surface area contributed by atoms with E-state index in [2.05, 4.69) is 0 Å². The number of hydrogen-bond donors (Lipinski definition) is 0. The third-order valence-electron chi connectivity index (χ3n) is 2.50. The minimum absolute atomic E-state index is 0.0569. The monoisotopic (exact) mass is 229 g/mol. The Labute approximate surface area is 91.8 Å². The molecule has 0 radical (unpaired) electrons. The fourth-order valence-corrected chi connectivity index (χ4v) is 2.16. The molecule has 0 amide bonds. The lowest BCUT2D eigenvalue weighted by Gasteiger charge is -2.26. The molecule has 0 spiro atoms. The van der Waals surface area contributed by atoms with Crippen molar-refractivity contribution in [2.24, 2.45) is 0 Å². The van der Waals surface area contributed by atoms with E-state index in [9.17, 15) is 13.2 Å². The minimum Gasteiger partial charge on any atom is -0.772 e. The molecule has 0 aliphatic carbocycles. The summed E-state index contributed by atoms with van der Waals surface area (Å²) in [5.74, 6) is -0.222. The topological polar surface area (TPSA) is 40.1 Å². The van der Waals surface area contributed by atoms with Gasteiger partial charge in [0.25, 0.3) is 0 Å². The maximum absolute atomic E-state index is 13.5. The molecule has 0 saturated heterocycles. The van der Waals surface area contributed by atoms with Crippen LogP contribution in [0.25, 0.3) is 0 Å². The molecular formula is C11H14FO2S-. The molecule has 0 aliphatic heterocycles. The first-order chi connectivity index (χ1) is 6.93. The van der Waals surface area contributed by atoms with Crippen LogP contribution in [0.5, 0.6) is 0 Å². The van der Waals surface area contributed by atoms with Crippen LogP contribution in [0.4, 0.5) is 4.39 Å². The van der Waals surface area contributed by atoms with Gasteiger partial charge in [0.1, 0.15) is 5.82 Å². The van der Waals surface area contributed by atoms with E-state index < -0.39 is 16.5 Å². The van der Waals surface area contributed by atoms with Crippen LogP contribution in [0.1, 0.15) is 25.8 Å². The number of hydrogen-bond acceptors (Lipinski definition) is 2. The van der Waals surface area contributed by atoms with Crippen molar-refractivity contribution in [3.05, 3.63) is 35.6 Å².